The van der Waals surface area contributed by atoms with Gasteiger partial charge in [0.2, 0.25) is 0 Å². The van der Waals surface area contributed by atoms with E-state index in [-0.39, 0.29) is 5.54 Å². The molecule has 1 atom stereocenters. The molecule has 1 unspecified atom stereocenters. The van der Waals surface area contributed by atoms with Gasteiger partial charge in [-0.2, -0.15) is 0 Å². The number of nitrogens with two attached hydrogens (primary N) is 1. The Morgan fingerprint density at radius 3 is 2.53 bits per heavy atom. The number of likely N-dealkylation sites (tertiary alicyclic amines) is 1. The molecule has 0 spiro atoms. The van der Waals surface area contributed by atoms with Gasteiger partial charge >= 0.3 is 0 Å². The summed E-state index contributed by atoms with van der Waals surface area (Å²) >= 11 is 0. The Morgan fingerprint density at radius 1 is 1.29 bits per heavy atom. The van der Waals surface area contributed by atoms with E-state index in [1.807, 2.05) is 0 Å². The van der Waals surface area contributed by atoms with Gasteiger partial charge in [0.05, 0.1) is 0 Å². The highest BCUT2D eigenvalue weighted by molar-refractivity contribution is 4.95. The number of nitrogens with zero attached hydrogens (tertiary/aromatic N) is 2. The van der Waals surface area contributed by atoms with Gasteiger partial charge in [0, 0.05) is 18.1 Å². The van der Waals surface area contributed by atoms with Gasteiger partial charge in [0.25, 0.3) is 0 Å². The third-order valence-corrected chi connectivity index (χ3v) is 4.22. The zero-order valence-electron chi connectivity index (χ0n) is 12.2. The summed E-state index contributed by atoms with van der Waals surface area (Å²) in [6, 6.07) is 0.599. The molecule has 3 nitrogen and oxygen atoms in total. The molecular weight excluding hydrogens is 210 g/mol. The monoisotopic (exact) mass is 241 g/mol. The maximum absolute atomic E-state index is 6.16. The summed E-state index contributed by atoms with van der Waals surface area (Å²) in [5.74, 6) is 0. The van der Waals surface area contributed by atoms with Crippen molar-refractivity contribution >= 4 is 0 Å². The summed E-state index contributed by atoms with van der Waals surface area (Å²) < 4.78 is 0. The van der Waals surface area contributed by atoms with Gasteiger partial charge in [0.15, 0.2) is 0 Å². The molecule has 17 heavy (non-hydrogen) atoms. The third kappa shape index (κ3) is 3.67. The Morgan fingerprint density at radius 2 is 2.00 bits per heavy atom. The quantitative estimate of drug-likeness (QED) is 0.798. The Kier molecular flexibility index (Phi) is 5.90. The van der Waals surface area contributed by atoms with E-state index < -0.39 is 0 Å². The van der Waals surface area contributed by atoms with Crippen molar-refractivity contribution in [2.24, 2.45) is 5.73 Å². The first-order valence-electron chi connectivity index (χ1n) is 7.21. The first kappa shape index (κ1) is 14.9. The first-order chi connectivity index (χ1) is 8.05. The molecule has 1 aliphatic rings. The molecule has 0 amide bonds. The van der Waals surface area contributed by atoms with Crippen LogP contribution < -0.4 is 5.73 Å². The first-order valence-corrected chi connectivity index (χ1v) is 7.21. The minimum atomic E-state index is 0.245. The molecule has 1 fully saturated rings. The van der Waals surface area contributed by atoms with E-state index in [0.29, 0.717) is 6.04 Å². The topological polar surface area (TPSA) is 32.5 Å². The van der Waals surface area contributed by atoms with Crippen molar-refractivity contribution < 1.29 is 0 Å². The summed E-state index contributed by atoms with van der Waals surface area (Å²) in [5, 5.41) is 0. The van der Waals surface area contributed by atoms with E-state index in [1.54, 1.807) is 0 Å². The smallest absolute Gasteiger partial charge is 0.0347 e. The second kappa shape index (κ2) is 6.72. The lowest BCUT2D eigenvalue weighted by atomic mass is 9.87. The van der Waals surface area contributed by atoms with E-state index in [1.165, 1.54) is 45.3 Å². The van der Waals surface area contributed by atoms with Gasteiger partial charge in [-0.1, -0.05) is 6.92 Å². The minimum absolute atomic E-state index is 0.245. The number of hydrogen-bond donors (Lipinski definition) is 1. The predicted octanol–water partition coefficient (Wildman–Crippen LogP) is 1.92. The summed E-state index contributed by atoms with van der Waals surface area (Å²) in [6.45, 7) is 11.3. The highest BCUT2D eigenvalue weighted by Crippen LogP contribution is 2.29. The fourth-order valence-corrected chi connectivity index (χ4v) is 3.21. The second-order valence-corrected chi connectivity index (χ2v) is 5.87. The van der Waals surface area contributed by atoms with Gasteiger partial charge in [-0.15, -0.1) is 0 Å². The molecule has 1 saturated heterocycles. The SMILES string of the molecule is CCCN(C(C)C)C1(CN)CCCN(C)CC1. The molecule has 0 aromatic heterocycles. The molecule has 2 N–H and O–H groups in total. The van der Waals surface area contributed by atoms with Crippen LogP contribution in [0.1, 0.15) is 46.5 Å². The van der Waals surface area contributed by atoms with Crippen LogP contribution in [-0.2, 0) is 0 Å². The van der Waals surface area contributed by atoms with Crippen LogP contribution in [0.4, 0.5) is 0 Å². The molecule has 1 rings (SSSR count). The highest BCUT2D eigenvalue weighted by atomic mass is 15.2. The van der Waals surface area contributed by atoms with Gasteiger partial charge in [-0.3, -0.25) is 4.90 Å². The van der Waals surface area contributed by atoms with Crippen molar-refractivity contribution in [3.05, 3.63) is 0 Å². The molecule has 0 bridgehead atoms. The van der Waals surface area contributed by atoms with Gasteiger partial charge in [0.1, 0.15) is 0 Å². The fourth-order valence-electron chi connectivity index (χ4n) is 3.21. The zero-order valence-corrected chi connectivity index (χ0v) is 12.2. The highest BCUT2D eigenvalue weighted by Gasteiger charge is 2.37. The lowest BCUT2D eigenvalue weighted by Crippen LogP contribution is -2.57. The fraction of sp³-hybridized carbons (Fsp3) is 1.00. The average Bonchev–Trinajstić information content (AvgIpc) is 2.49. The second-order valence-electron chi connectivity index (χ2n) is 5.87. The number of hydrogen-bond acceptors (Lipinski definition) is 3. The van der Waals surface area contributed by atoms with E-state index in [9.17, 15) is 0 Å². The van der Waals surface area contributed by atoms with Crippen molar-refractivity contribution in [3.63, 3.8) is 0 Å². The molecule has 1 aliphatic heterocycles. The van der Waals surface area contributed by atoms with Gasteiger partial charge in [-0.05, 0) is 66.2 Å². The molecule has 0 saturated carbocycles. The van der Waals surface area contributed by atoms with Crippen LogP contribution in [0.5, 0.6) is 0 Å². The summed E-state index contributed by atoms with van der Waals surface area (Å²) in [7, 11) is 2.23. The summed E-state index contributed by atoms with van der Waals surface area (Å²) in [5.41, 5.74) is 6.41. The van der Waals surface area contributed by atoms with Crippen LogP contribution in [0.3, 0.4) is 0 Å². The summed E-state index contributed by atoms with van der Waals surface area (Å²) in [4.78, 5) is 5.11. The minimum Gasteiger partial charge on any atom is -0.329 e. The largest absolute Gasteiger partial charge is 0.329 e. The van der Waals surface area contributed by atoms with Crippen LogP contribution in [-0.4, -0.2) is 54.6 Å². The van der Waals surface area contributed by atoms with E-state index in [2.05, 4.69) is 37.6 Å². The van der Waals surface area contributed by atoms with E-state index >= 15 is 0 Å². The molecule has 1 heterocycles. The van der Waals surface area contributed by atoms with Crippen molar-refractivity contribution in [3.8, 4) is 0 Å². The Labute approximate surface area is 107 Å². The maximum Gasteiger partial charge on any atom is 0.0347 e. The molecule has 0 radical (unpaired) electrons. The normalized spacial score (nSPS) is 27.7. The average molecular weight is 241 g/mol. The van der Waals surface area contributed by atoms with E-state index in [0.717, 1.165) is 6.54 Å². The predicted molar refractivity (Wildman–Crippen MR) is 75.3 cm³/mol. The standard InChI is InChI=1S/C14H31N3/c1-5-9-17(13(2)3)14(12-15)7-6-10-16(4)11-8-14/h13H,5-12,15H2,1-4H3. The van der Waals surface area contributed by atoms with Crippen LogP contribution in [0.25, 0.3) is 0 Å². The van der Waals surface area contributed by atoms with Crippen molar-refractivity contribution in [2.45, 2.75) is 58.0 Å². The maximum atomic E-state index is 6.16. The lowest BCUT2D eigenvalue weighted by molar-refractivity contribution is 0.0486. The van der Waals surface area contributed by atoms with Crippen molar-refractivity contribution in [2.75, 3.05) is 33.2 Å². The van der Waals surface area contributed by atoms with Crippen LogP contribution >= 0.6 is 0 Å². The number of rotatable bonds is 5. The molecule has 0 aromatic rings. The molecule has 0 aromatic carbocycles. The molecule has 102 valence electrons. The Hall–Kier alpha value is -0.120. The molecular formula is C14H31N3. The van der Waals surface area contributed by atoms with Crippen LogP contribution in [0.2, 0.25) is 0 Å². The Bertz CT molecular complexity index is 218. The zero-order chi connectivity index (χ0) is 12.9. The van der Waals surface area contributed by atoms with Crippen LogP contribution in [0, 0.1) is 0 Å². The molecule has 0 aliphatic carbocycles. The third-order valence-electron chi connectivity index (χ3n) is 4.22. The van der Waals surface area contributed by atoms with Gasteiger partial charge < -0.3 is 10.6 Å². The summed E-state index contributed by atoms with van der Waals surface area (Å²) in [6.07, 6.45) is 4.97. The lowest BCUT2D eigenvalue weighted by Gasteiger charge is -2.45. The van der Waals surface area contributed by atoms with Gasteiger partial charge in [-0.25, -0.2) is 0 Å². The van der Waals surface area contributed by atoms with E-state index in [4.69, 9.17) is 5.73 Å². The van der Waals surface area contributed by atoms with Crippen molar-refractivity contribution in [1.82, 2.24) is 9.80 Å². The van der Waals surface area contributed by atoms with Crippen molar-refractivity contribution in [1.29, 1.82) is 0 Å². The van der Waals surface area contributed by atoms with Crippen LogP contribution in [0.15, 0.2) is 0 Å². The Balaban J connectivity index is 2.82. The molecule has 3 heteroatoms.